The van der Waals surface area contributed by atoms with Gasteiger partial charge in [0.1, 0.15) is 11.3 Å². The van der Waals surface area contributed by atoms with Gasteiger partial charge in [-0.15, -0.1) is 0 Å². The Balaban J connectivity index is 1.93. The van der Waals surface area contributed by atoms with Gasteiger partial charge in [-0.25, -0.2) is 4.98 Å². The number of ketones is 1. The van der Waals surface area contributed by atoms with E-state index in [1.807, 2.05) is 48.5 Å². The zero-order valence-electron chi connectivity index (χ0n) is 11.3. The molecule has 0 radical (unpaired) electrons. The lowest BCUT2D eigenvalue weighted by Crippen LogP contribution is -1.93. The highest BCUT2D eigenvalue weighted by molar-refractivity contribution is 5.78. The molecule has 0 aliphatic heterocycles. The van der Waals surface area contributed by atoms with Crippen molar-refractivity contribution in [3.63, 3.8) is 0 Å². The van der Waals surface area contributed by atoms with Crippen LogP contribution in [0.25, 0.3) is 22.6 Å². The van der Waals surface area contributed by atoms with Crippen LogP contribution >= 0.6 is 0 Å². The Bertz CT molecular complexity index is 744. The third-order valence-electron chi connectivity index (χ3n) is 3.24. The Morgan fingerprint density at radius 1 is 1.15 bits per heavy atom. The van der Waals surface area contributed by atoms with Crippen LogP contribution in [0.5, 0.6) is 0 Å². The monoisotopic (exact) mass is 265 g/mol. The van der Waals surface area contributed by atoms with Crippen molar-refractivity contribution in [3.05, 3.63) is 54.1 Å². The Morgan fingerprint density at radius 3 is 2.70 bits per heavy atom. The number of benzene rings is 2. The second-order valence-electron chi connectivity index (χ2n) is 4.89. The number of rotatable bonds is 4. The van der Waals surface area contributed by atoms with Crippen molar-refractivity contribution < 1.29 is 9.21 Å². The molecule has 1 heterocycles. The quantitative estimate of drug-likeness (QED) is 0.715. The number of aromatic nitrogens is 1. The Labute approximate surface area is 117 Å². The highest BCUT2D eigenvalue weighted by atomic mass is 16.3. The van der Waals surface area contributed by atoms with E-state index >= 15 is 0 Å². The van der Waals surface area contributed by atoms with Crippen LogP contribution in [-0.2, 0) is 11.2 Å². The molecule has 0 saturated carbocycles. The number of Topliss-reactive ketones (excluding diaryl/α,β-unsaturated/α-hetero) is 1. The van der Waals surface area contributed by atoms with E-state index in [0.29, 0.717) is 12.3 Å². The smallest absolute Gasteiger partial charge is 0.227 e. The molecule has 0 unspecified atom stereocenters. The van der Waals surface area contributed by atoms with Gasteiger partial charge in [0.15, 0.2) is 5.58 Å². The molecule has 0 N–H and O–H groups in total. The number of nitrogens with zero attached hydrogens (tertiary/aromatic N) is 1. The van der Waals surface area contributed by atoms with Crippen molar-refractivity contribution in [3.8, 4) is 11.5 Å². The summed E-state index contributed by atoms with van der Waals surface area (Å²) >= 11 is 0. The lowest BCUT2D eigenvalue weighted by molar-refractivity contribution is -0.116. The average molecular weight is 265 g/mol. The Kier molecular flexibility index (Phi) is 3.33. The first kappa shape index (κ1) is 12.6. The molecule has 3 aromatic rings. The summed E-state index contributed by atoms with van der Waals surface area (Å²) in [5, 5.41) is 0. The van der Waals surface area contributed by atoms with E-state index in [1.165, 1.54) is 0 Å². The number of aryl methyl sites for hydroxylation is 1. The fourth-order valence-electron chi connectivity index (χ4n) is 2.15. The maximum absolute atomic E-state index is 11.0. The molecule has 0 aliphatic carbocycles. The molecule has 3 nitrogen and oxygen atoms in total. The van der Waals surface area contributed by atoms with Gasteiger partial charge in [0.25, 0.3) is 0 Å². The minimum Gasteiger partial charge on any atom is -0.436 e. The molecule has 1 aromatic heterocycles. The molecule has 3 rings (SSSR count). The zero-order valence-corrected chi connectivity index (χ0v) is 11.3. The van der Waals surface area contributed by atoms with Gasteiger partial charge < -0.3 is 9.21 Å². The number of hydrogen-bond donors (Lipinski definition) is 0. The fourth-order valence-corrected chi connectivity index (χ4v) is 2.15. The first-order valence-corrected chi connectivity index (χ1v) is 6.67. The molecule has 3 heteroatoms. The summed E-state index contributed by atoms with van der Waals surface area (Å²) in [6, 6.07) is 15.8. The van der Waals surface area contributed by atoms with Gasteiger partial charge >= 0.3 is 0 Å². The van der Waals surface area contributed by atoms with Crippen LogP contribution in [0.4, 0.5) is 0 Å². The molecule has 0 spiro atoms. The van der Waals surface area contributed by atoms with Gasteiger partial charge in [-0.05, 0) is 43.2 Å². The van der Waals surface area contributed by atoms with Gasteiger partial charge in [-0.1, -0.05) is 24.3 Å². The molecule has 100 valence electrons. The molecular weight excluding hydrogens is 250 g/mol. The van der Waals surface area contributed by atoms with Crippen LogP contribution in [-0.4, -0.2) is 10.8 Å². The normalized spacial score (nSPS) is 10.8. The van der Waals surface area contributed by atoms with E-state index < -0.39 is 0 Å². The van der Waals surface area contributed by atoms with E-state index in [9.17, 15) is 4.79 Å². The van der Waals surface area contributed by atoms with Crippen LogP contribution in [0.3, 0.4) is 0 Å². The topological polar surface area (TPSA) is 43.1 Å². The first-order valence-electron chi connectivity index (χ1n) is 6.67. The summed E-state index contributed by atoms with van der Waals surface area (Å²) in [4.78, 5) is 15.5. The second kappa shape index (κ2) is 5.29. The summed E-state index contributed by atoms with van der Waals surface area (Å²) < 4.78 is 5.81. The summed E-state index contributed by atoms with van der Waals surface area (Å²) in [5.74, 6) is 0.831. The van der Waals surface area contributed by atoms with E-state index in [-0.39, 0.29) is 5.78 Å². The van der Waals surface area contributed by atoms with Crippen molar-refractivity contribution in [1.29, 1.82) is 0 Å². The minimum absolute atomic E-state index is 0.202. The predicted octanol–water partition coefficient (Wildman–Crippen LogP) is 4.02. The minimum atomic E-state index is 0.202. The van der Waals surface area contributed by atoms with Gasteiger partial charge in [-0.2, -0.15) is 0 Å². The van der Waals surface area contributed by atoms with Gasteiger partial charge in [0.2, 0.25) is 5.89 Å². The maximum atomic E-state index is 11.0. The van der Waals surface area contributed by atoms with Crippen LogP contribution in [0.2, 0.25) is 0 Å². The largest absolute Gasteiger partial charge is 0.436 e. The first-order chi connectivity index (χ1) is 9.72. The lowest BCUT2D eigenvalue weighted by Gasteiger charge is -1.97. The van der Waals surface area contributed by atoms with Crippen molar-refractivity contribution in [2.75, 3.05) is 0 Å². The highest BCUT2D eigenvalue weighted by Crippen LogP contribution is 2.25. The Morgan fingerprint density at radius 2 is 1.95 bits per heavy atom. The van der Waals surface area contributed by atoms with E-state index in [1.54, 1.807) is 6.92 Å². The number of fused-ring (bicyclic) bond motifs is 1. The van der Waals surface area contributed by atoms with Gasteiger partial charge in [0.05, 0.1) is 0 Å². The van der Waals surface area contributed by atoms with Crippen LogP contribution in [0, 0.1) is 0 Å². The standard InChI is InChI=1S/C17H15NO2/c1-12(19)7-8-13-9-10-15-16(11-13)20-17(18-15)14-5-3-2-4-6-14/h2-6,9-11H,7-8H2,1H3. The van der Waals surface area contributed by atoms with Crippen LogP contribution < -0.4 is 0 Å². The molecule has 0 bridgehead atoms. The number of hydrogen-bond acceptors (Lipinski definition) is 3. The molecule has 20 heavy (non-hydrogen) atoms. The predicted molar refractivity (Wildman–Crippen MR) is 78.4 cm³/mol. The number of carbonyl (C=O) groups is 1. The average Bonchev–Trinajstić information content (AvgIpc) is 2.89. The van der Waals surface area contributed by atoms with Crippen molar-refractivity contribution in [1.82, 2.24) is 4.98 Å². The van der Waals surface area contributed by atoms with Gasteiger partial charge in [-0.3, -0.25) is 0 Å². The molecular formula is C17H15NO2. The summed E-state index contributed by atoms with van der Waals surface area (Å²) in [5.41, 5.74) is 3.68. The molecule has 2 aromatic carbocycles. The lowest BCUT2D eigenvalue weighted by atomic mass is 10.1. The van der Waals surface area contributed by atoms with E-state index in [0.717, 1.165) is 28.6 Å². The third-order valence-corrected chi connectivity index (χ3v) is 3.24. The van der Waals surface area contributed by atoms with E-state index in [4.69, 9.17) is 4.42 Å². The van der Waals surface area contributed by atoms with E-state index in [2.05, 4.69) is 4.98 Å². The molecule has 0 aliphatic rings. The molecule has 0 fully saturated rings. The Hall–Kier alpha value is -2.42. The van der Waals surface area contributed by atoms with Crippen molar-refractivity contribution in [2.45, 2.75) is 19.8 Å². The zero-order chi connectivity index (χ0) is 13.9. The van der Waals surface area contributed by atoms with Crippen molar-refractivity contribution >= 4 is 16.9 Å². The number of oxazole rings is 1. The summed E-state index contributed by atoms with van der Waals surface area (Å²) in [7, 11) is 0. The molecule has 0 amide bonds. The fraction of sp³-hybridized carbons (Fsp3) is 0.176. The SMILES string of the molecule is CC(=O)CCc1ccc2nc(-c3ccccc3)oc2c1. The number of carbonyl (C=O) groups excluding carboxylic acids is 1. The third kappa shape index (κ3) is 2.62. The second-order valence-corrected chi connectivity index (χ2v) is 4.89. The summed E-state index contributed by atoms with van der Waals surface area (Å²) in [6.45, 7) is 1.61. The molecule has 0 atom stereocenters. The maximum Gasteiger partial charge on any atom is 0.227 e. The van der Waals surface area contributed by atoms with Crippen LogP contribution in [0.15, 0.2) is 52.9 Å². The van der Waals surface area contributed by atoms with Gasteiger partial charge in [0, 0.05) is 12.0 Å². The summed E-state index contributed by atoms with van der Waals surface area (Å²) in [6.07, 6.45) is 1.30. The van der Waals surface area contributed by atoms with Crippen molar-refractivity contribution in [2.24, 2.45) is 0 Å². The highest BCUT2D eigenvalue weighted by Gasteiger charge is 2.08. The van der Waals surface area contributed by atoms with Crippen LogP contribution in [0.1, 0.15) is 18.9 Å². The molecule has 0 saturated heterocycles.